The molecule has 2 atom stereocenters. The van der Waals surface area contributed by atoms with Crippen molar-refractivity contribution in [3.63, 3.8) is 0 Å². The van der Waals surface area contributed by atoms with Gasteiger partial charge in [0, 0.05) is 22.4 Å². The monoisotopic (exact) mass is 560 g/mol. The number of carboxylic acid groups (broad SMARTS) is 1. The highest BCUT2D eigenvalue weighted by Gasteiger charge is 2.54. The lowest BCUT2D eigenvalue weighted by atomic mass is 10.0. The van der Waals surface area contributed by atoms with Crippen LogP contribution in [0.4, 0.5) is 0 Å². The van der Waals surface area contributed by atoms with E-state index in [4.69, 9.17) is 0 Å². The summed E-state index contributed by atoms with van der Waals surface area (Å²) in [5.41, 5.74) is 2.34. The minimum absolute atomic E-state index is 0.0688. The molecule has 1 saturated heterocycles. The van der Waals surface area contributed by atoms with Crippen LogP contribution in [0.15, 0.2) is 89.1 Å². The molecule has 0 saturated carbocycles. The second kappa shape index (κ2) is 11.7. The van der Waals surface area contributed by atoms with Gasteiger partial charge in [-0.15, -0.1) is 11.8 Å². The topological polar surface area (TPSA) is 122 Å². The van der Waals surface area contributed by atoms with Crippen molar-refractivity contribution >= 4 is 53.3 Å². The molecule has 2 N–H and O–H groups in total. The molecule has 0 aliphatic carbocycles. The number of β-lactam (4-membered cyclic amide) rings is 1. The highest BCUT2D eigenvalue weighted by molar-refractivity contribution is 8.08. The molecular formula is C28H24N4O5S2. The van der Waals surface area contributed by atoms with Crippen LogP contribution in [0.1, 0.15) is 21.5 Å². The van der Waals surface area contributed by atoms with E-state index < -0.39 is 23.3 Å². The fourth-order valence-corrected chi connectivity index (χ4v) is 6.65. The van der Waals surface area contributed by atoms with E-state index in [0.29, 0.717) is 16.2 Å². The first-order chi connectivity index (χ1) is 18.9. The number of nitrogens with zero attached hydrogens (tertiary/aromatic N) is 3. The van der Waals surface area contributed by atoms with Crippen LogP contribution in [-0.4, -0.2) is 60.6 Å². The average molecular weight is 561 g/mol. The molecule has 0 bridgehead atoms. The lowest BCUT2D eigenvalue weighted by Gasteiger charge is -2.49. The van der Waals surface area contributed by atoms with Crippen LogP contribution in [0.2, 0.25) is 0 Å². The number of aromatic nitrogens is 2. The summed E-state index contributed by atoms with van der Waals surface area (Å²) in [6, 6.07) is 17.8. The van der Waals surface area contributed by atoms with Gasteiger partial charge in [0.15, 0.2) is 0 Å². The summed E-state index contributed by atoms with van der Waals surface area (Å²) in [5.74, 6) is -1.71. The maximum Gasteiger partial charge on any atom is 0.353 e. The van der Waals surface area contributed by atoms with E-state index in [1.165, 1.54) is 33.1 Å². The Morgan fingerprint density at radius 2 is 1.72 bits per heavy atom. The minimum atomic E-state index is -1.20. The molecule has 39 heavy (non-hydrogen) atoms. The first-order valence-corrected chi connectivity index (χ1v) is 14.0. The number of carbonyl (C=O) groups excluding carboxylic acids is 3. The predicted molar refractivity (Wildman–Crippen MR) is 149 cm³/mol. The lowest BCUT2D eigenvalue weighted by Crippen LogP contribution is -2.70. The van der Waals surface area contributed by atoms with E-state index >= 15 is 0 Å². The van der Waals surface area contributed by atoms with Gasteiger partial charge in [-0.3, -0.25) is 19.3 Å². The highest BCUT2D eigenvalue weighted by Crippen LogP contribution is 2.43. The SMILES string of the molecule is O=C(Cc1ccccc1)N[C@@H]1C(=O)N2C(C(=O)O)=C(S/C=C/c3cnn(C(=O)Cc4ccccc4)c3)CS[C@H]12. The van der Waals surface area contributed by atoms with Gasteiger partial charge in [-0.1, -0.05) is 72.4 Å². The summed E-state index contributed by atoms with van der Waals surface area (Å²) >= 11 is 2.61. The van der Waals surface area contributed by atoms with Crippen LogP contribution < -0.4 is 5.32 Å². The second-order valence-electron chi connectivity index (χ2n) is 8.89. The van der Waals surface area contributed by atoms with E-state index in [1.54, 1.807) is 23.9 Å². The van der Waals surface area contributed by atoms with Crippen molar-refractivity contribution in [2.75, 3.05) is 5.75 Å². The van der Waals surface area contributed by atoms with Gasteiger partial charge in [0.2, 0.25) is 5.91 Å². The third-order valence-electron chi connectivity index (χ3n) is 6.19. The number of carboxylic acids is 1. The van der Waals surface area contributed by atoms with E-state index in [1.807, 2.05) is 60.7 Å². The number of hydrogen-bond donors (Lipinski definition) is 2. The Balaban J connectivity index is 1.20. The number of rotatable bonds is 9. The van der Waals surface area contributed by atoms with Crippen molar-refractivity contribution in [1.29, 1.82) is 0 Å². The Kier molecular flexibility index (Phi) is 7.99. The fraction of sp³-hybridized carbons (Fsp3) is 0.179. The summed E-state index contributed by atoms with van der Waals surface area (Å²) in [4.78, 5) is 51.7. The smallest absolute Gasteiger partial charge is 0.353 e. The molecule has 2 amide bonds. The quantitative estimate of drug-likeness (QED) is 0.382. The van der Waals surface area contributed by atoms with E-state index in [-0.39, 0.29) is 30.4 Å². The molecule has 3 aromatic rings. The zero-order valence-electron chi connectivity index (χ0n) is 20.6. The predicted octanol–water partition coefficient (Wildman–Crippen LogP) is 3.41. The Bertz CT molecular complexity index is 1470. The van der Waals surface area contributed by atoms with Crippen molar-refractivity contribution in [3.8, 4) is 0 Å². The number of aliphatic carboxylic acids is 1. The molecule has 0 spiro atoms. The number of benzene rings is 2. The molecule has 1 aromatic heterocycles. The van der Waals surface area contributed by atoms with Crippen molar-refractivity contribution in [2.45, 2.75) is 24.3 Å². The van der Waals surface area contributed by atoms with Gasteiger partial charge in [-0.25, -0.2) is 9.48 Å². The number of carbonyl (C=O) groups is 4. The van der Waals surface area contributed by atoms with Gasteiger partial charge in [-0.2, -0.15) is 5.10 Å². The number of hydrogen-bond acceptors (Lipinski definition) is 7. The van der Waals surface area contributed by atoms with E-state index in [2.05, 4.69) is 10.4 Å². The van der Waals surface area contributed by atoms with Gasteiger partial charge < -0.3 is 10.4 Å². The van der Waals surface area contributed by atoms with Crippen LogP contribution in [0.25, 0.3) is 6.08 Å². The van der Waals surface area contributed by atoms with Crippen LogP contribution in [0.3, 0.4) is 0 Å². The van der Waals surface area contributed by atoms with Crippen LogP contribution >= 0.6 is 23.5 Å². The third kappa shape index (κ3) is 5.99. The van der Waals surface area contributed by atoms with Crippen molar-refractivity contribution in [1.82, 2.24) is 20.0 Å². The molecule has 2 aromatic carbocycles. The van der Waals surface area contributed by atoms with Crippen LogP contribution in [0, 0.1) is 0 Å². The Hall–Kier alpha value is -4.09. The number of amides is 2. The molecule has 198 valence electrons. The number of nitrogens with one attached hydrogen (secondary N) is 1. The minimum Gasteiger partial charge on any atom is -0.477 e. The second-order valence-corrected chi connectivity index (χ2v) is 11.0. The fourth-order valence-electron chi connectivity index (χ4n) is 4.29. The normalized spacial score (nSPS) is 18.6. The average Bonchev–Trinajstić information content (AvgIpc) is 3.41. The van der Waals surface area contributed by atoms with Gasteiger partial charge in [0.1, 0.15) is 17.1 Å². The van der Waals surface area contributed by atoms with Crippen molar-refractivity contribution < 1.29 is 24.3 Å². The maximum atomic E-state index is 12.9. The lowest BCUT2D eigenvalue weighted by molar-refractivity contribution is -0.150. The van der Waals surface area contributed by atoms with Crippen LogP contribution in [0.5, 0.6) is 0 Å². The number of fused-ring (bicyclic) bond motifs is 1. The van der Waals surface area contributed by atoms with Crippen LogP contribution in [-0.2, 0) is 27.2 Å². The molecule has 1 fully saturated rings. The summed E-state index contributed by atoms with van der Waals surface area (Å²) in [7, 11) is 0. The maximum absolute atomic E-state index is 12.9. The zero-order chi connectivity index (χ0) is 27.4. The van der Waals surface area contributed by atoms with Gasteiger partial charge in [-0.05, 0) is 22.6 Å². The van der Waals surface area contributed by atoms with Gasteiger partial charge in [0.05, 0.1) is 19.0 Å². The number of thioether (sulfide) groups is 2. The third-order valence-corrected chi connectivity index (χ3v) is 8.54. The Morgan fingerprint density at radius 1 is 1.05 bits per heavy atom. The molecule has 11 heteroatoms. The molecule has 0 unspecified atom stereocenters. The summed E-state index contributed by atoms with van der Waals surface area (Å²) in [5, 5.41) is 18.0. The first-order valence-electron chi connectivity index (χ1n) is 12.1. The van der Waals surface area contributed by atoms with Crippen molar-refractivity contribution in [3.05, 3.63) is 106 Å². The summed E-state index contributed by atoms with van der Waals surface area (Å²) < 4.78 is 1.28. The summed E-state index contributed by atoms with van der Waals surface area (Å²) in [6.07, 6.45) is 5.27. The molecule has 2 aliphatic rings. The molecule has 2 aliphatic heterocycles. The van der Waals surface area contributed by atoms with E-state index in [9.17, 15) is 24.3 Å². The van der Waals surface area contributed by atoms with Gasteiger partial charge in [0.25, 0.3) is 11.8 Å². The largest absolute Gasteiger partial charge is 0.477 e. The van der Waals surface area contributed by atoms with Crippen molar-refractivity contribution in [2.24, 2.45) is 0 Å². The molecule has 9 nitrogen and oxygen atoms in total. The summed E-state index contributed by atoms with van der Waals surface area (Å²) in [6.45, 7) is 0. The highest BCUT2D eigenvalue weighted by atomic mass is 32.2. The Labute approximate surface area is 233 Å². The molecule has 3 heterocycles. The zero-order valence-corrected chi connectivity index (χ0v) is 22.2. The molecule has 0 radical (unpaired) electrons. The van der Waals surface area contributed by atoms with Gasteiger partial charge >= 0.3 is 5.97 Å². The molecule has 5 rings (SSSR count). The first kappa shape index (κ1) is 26.5. The van der Waals surface area contributed by atoms with E-state index in [0.717, 1.165) is 11.1 Å². The molecular weight excluding hydrogens is 536 g/mol. The Morgan fingerprint density at radius 3 is 2.38 bits per heavy atom. The standard InChI is InChI=1S/C28H24N4O5S2/c33-22(13-18-7-3-1-4-8-18)30-24-26(35)32-25(28(36)37)21(17-39-27(24)32)38-12-11-20-15-29-31(16-20)23(34)14-19-9-5-2-6-10-19/h1-12,15-16,24,27H,13-14,17H2,(H,30,33)(H,36,37)/b12-11+/t24-,27-/m1/s1.